The van der Waals surface area contributed by atoms with E-state index in [4.69, 9.17) is 11.6 Å². The zero-order chi connectivity index (χ0) is 15.2. The number of amides is 1. The van der Waals surface area contributed by atoms with Crippen LogP contribution >= 0.6 is 11.6 Å². The smallest absolute Gasteiger partial charge is 0.221 e. The lowest BCUT2D eigenvalue weighted by molar-refractivity contribution is -0.120. The second-order valence-corrected chi connectivity index (χ2v) is 6.26. The summed E-state index contributed by atoms with van der Waals surface area (Å²) in [5, 5.41) is 7.14. The van der Waals surface area contributed by atoms with Crippen LogP contribution in [-0.2, 0) is 11.3 Å². The van der Waals surface area contributed by atoms with Crippen molar-refractivity contribution in [3.63, 3.8) is 0 Å². The Balaban J connectivity index is 2.14. The van der Waals surface area contributed by atoms with Gasteiger partial charge in [-0.1, -0.05) is 31.5 Å². The number of hydrogen-bond donors (Lipinski definition) is 2. The number of nitrogens with one attached hydrogen (secondary N) is 2. The summed E-state index contributed by atoms with van der Waals surface area (Å²) in [6.45, 7) is 8.34. The summed E-state index contributed by atoms with van der Waals surface area (Å²) in [7, 11) is 0. The minimum atomic E-state index is 0.124. The molecule has 2 N–H and O–H groups in total. The first-order chi connectivity index (χ1) is 10.1. The topological polar surface area (TPSA) is 44.4 Å². The average Bonchev–Trinajstić information content (AvgIpc) is 2.65. The Morgan fingerprint density at radius 2 is 2.19 bits per heavy atom. The minimum Gasteiger partial charge on any atom is -0.369 e. The quantitative estimate of drug-likeness (QED) is 0.878. The second kappa shape index (κ2) is 7.66. The molecule has 1 amide bonds. The monoisotopic (exact) mass is 309 g/mol. The molecule has 0 atom stereocenters. The SMILES string of the molecule is CC(C)CNCc1c(Cl)cccc1N1CCNC(=O)CC1. The van der Waals surface area contributed by atoms with Crippen molar-refractivity contribution in [2.45, 2.75) is 26.8 Å². The lowest BCUT2D eigenvalue weighted by Gasteiger charge is -2.25. The number of nitrogens with zero attached hydrogens (tertiary/aromatic N) is 1. The van der Waals surface area contributed by atoms with Gasteiger partial charge >= 0.3 is 0 Å². The van der Waals surface area contributed by atoms with Crippen molar-refractivity contribution < 1.29 is 4.79 Å². The van der Waals surface area contributed by atoms with Crippen molar-refractivity contribution in [2.24, 2.45) is 5.92 Å². The number of halogens is 1. The van der Waals surface area contributed by atoms with E-state index in [1.54, 1.807) is 0 Å². The van der Waals surface area contributed by atoms with E-state index in [0.717, 1.165) is 42.5 Å². The molecule has 1 aliphatic rings. The van der Waals surface area contributed by atoms with Crippen LogP contribution < -0.4 is 15.5 Å². The molecule has 0 aromatic heterocycles. The number of rotatable bonds is 5. The van der Waals surface area contributed by atoms with E-state index in [1.807, 2.05) is 12.1 Å². The summed E-state index contributed by atoms with van der Waals surface area (Å²) in [4.78, 5) is 13.7. The molecule has 1 aliphatic heterocycles. The van der Waals surface area contributed by atoms with Crippen molar-refractivity contribution in [3.8, 4) is 0 Å². The summed E-state index contributed by atoms with van der Waals surface area (Å²) in [6, 6.07) is 6.00. The van der Waals surface area contributed by atoms with Crippen molar-refractivity contribution in [2.75, 3.05) is 31.1 Å². The van der Waals surface area contributed by atoms with Gasteiger partial charge in [-0.15, -0.1) is 0 Å². The summed E-state index contributed by atoms with van der Waals surface area (Å²) < 4.78 is 0. The first kappa shape index (κ1) is 16.1. The van der Waals surface area contributed by atoms with Crippen molar-refractivity contribution in [3.05, 3.63) is 28.8 Å². The van der Waals surface area contributed by atoms with Crippen LogP contribution in [0.4, 0.5) is 5.69 Å². The van der Waals surface area contributed by atoms with E-state index in [-0.39, 0.29) is 5.91 Å². The number of carbonyl (C=O) groups excluding carboxylic acids is 1. The highest BCUT2D eigenvalue weighted by molar-refractivity contribution is 6.31. The molecule has 1 saturated heterocycles. The molecule has 2 rings (SSSR count). The van der Waals surface area contributed by atoms with Crippen LogP contribution in [0.15, 0.2) is 18.2 Å². The fourth-order valence-corrected chi connectivity index (χ4v) is 2.75. The van der Waals surface area contributed by atoms with Crippen molar-refractivity contribution in [1.82, 2.24) is 10.6 Å². The Morgan fingerprint density at radius 3 is 2.95 bits per heavy atom. The van der Waals surface area contributed by atoms with Gasteiger partial charge in [0.05, 0.1) is 0 Å². The fraction of sp³-hybridized carbons (Fsp3) is 0.562. The maximum absolute atomic E-state index is 11.5. The van der Waals surface area contributed by atoms with E-state index < -0.39 is 0 Å². The van der Waals surface area contributed by atoms with Crippen LogP contribution in [0, 0.1) is 5.92 Å². The molecule has 0 unspecified atom stereocenters. The first-order valence-corrected chi connectivity index (χ1v) is 7.95. The largest absolute Gasteiger partial charge is 0.369 e. The van der Waals surface area contributed by atoms with Crippen molar-refractivity contribution >= 4 is 23.2 Å². The minimum absolute atomic E-state index is 0.124. The van der Waals surface area contributed by atoms with Gasteiger partial charge in [-0.3, -0.25) is 4.79 Å². The van der Waals surface area contributed by atoms with Crippen LogP contribution in [0.2, 0.25) is 5.02 Å². The van der Waals surface area contributed by atoms with Crippen LogP contribution in [0.5, 0.6) is 0 Å². The predicted octanol–water partition coefficient (Wildman–Crippen LogP) is 2.41. The van der Waals surface area contributed by atoms with E-state index in [2.05, 4.69) is 35.4 Å². The number of anilines is 1. The molecule has 4 nitrogen and oxygen atoms in total. The number of hydrogen-bond acceptors (Lipinski definition) is 3. The van der Waals surface area contributed by atoms with Gasteiger partial charge < -0.3 is 15.5 Å². The summed E-state index contributed by atoms with van der Waals surface area (Å²) in [6.07, 6.45) is 0.533. The third-order valence-electron chi connectivity index (χ3n) is 3.60. The van der Waals surface area contributed by atoms with Crippen LogP contribution in [0.3, 0.4) is 0 Å². The lowest BCUT2D eigenvalue weighted by Crippen LogP contribution is -2.30. The van der Waals surface area contributed by atoms with Crippen LogP contribution in [-0.4, -0.2) is 32.1 Å². The normalized spacial score (nSPS) is 16.0. The Bertz CT molecular complexity index is 490. The summed E-state index contributed by atoms with van der Waals surface area (Å²) in [5.41, 5.74) is 2.25. The molecule has 1 aromatic carbocycles. The van der Waals surface area contributed by atoms with E-state index in [0.29, 0.717) is 18.9 Å². The van der Waals surface area contributed by atoms with E-state index >= 15 is 0 Å². The fourth-order valence-electron chi connectivity index (χ4n) is 2.51. The third-order valence-corrected chi connectivity index (χ3v) is 3.96. The third kappa shape index (κ3) is 4.61. The number of carbonyl (C=O) groups is 1. The number of benzene rings is 1. The maximum atomic E-state index is 11.5. The molecule has 1 aromatic rings. The van der Waals surface area contributed by atoms with Gasteiger partial charge in [0.1, 0.15) is 0 Å². The lowest BCUT2D eigenvalue weighted by atomic mass is 10.1. The molecule has 0 saturated carbocycles. The molecule has 5 heteroatoms. The molecule has 0 aliphatic carbocycles. The van der Waals surface area contributed by atoms with E-state index in [9.17, 15) is 4.79 Å². The molecule has 21 heavy (non-hydrogen) atoms. The molecular weight excluding hydrogens is 286 g/mol. The van der Waals surface area contributed by atoms with Gasteiger partial charge in [-0.25, -0.2) is 0 Å². The summed E-state index contributed by atoms with van der Waals surface area (Å²) >= 11 is 6.38. The Morgan fingerprint density at radius 1 is 1.38 bits per heavy atom. The molecular formula is C16H24ClN3O. The van der Waals surface area contributed by atoms with Gasteiger partial charge in [0.2, 0.25) is 5.91 Å². The summed E-state index contributed by atoms with van der Waals surface area (Å²) in [5.74, 6) is 0.731. The highest BCUT2D eigenvalue weighted by Crippen LogP contribution is 2.28. The molecule has 1 heterocycles. The highest BCUT2D eigenvalue weighted by atomic mass is 35.5. The zero-order valence-corrected chi connectivity index (χ0v) is 13.5. The van der Waals surface area contributed by atoms with Gasteiger partial charge in [0.15, 0.2) is 0 Å². The molecule has 0 spiro atoms. The van der Waals surface area contributed by atoms with Crippen molar-refractivity contribution in [1.29, 1.82) is 0 Å². The molecule has 116 valence electrons. The Kier molecular flexibility index (Phi) is 5.88. The highest BCUT2D eigenvalue weighted by Gasteiger charge is 2.17. The van der Waals surface area contributed by atoms with Crippen LogP contribution in [0.1, 0.15) is 25.8 Å². The van der Waals surface area contributed by atoms with Gasteiger partial charge in [0, 0.05) is 48.9 Å². The Labute approximate surface area is 131 Å². The van der Waals surface area contributed by atoms with Crippen LogP contribution in [0.25, 0.3) is 0 Å². The average molecular weight is 310 g/mol. The first-order valence-electron chi connectivity index (χ1n) is 7.57. The van der Waals surface area contributed by atoms with Gasteiger partial charge in [0.25, 0.3) is 0 Å². The second-order valence-electron chi connectivity index (χ2n) is 5.85. The standard InChI is InChI=1S/C16H24ClN3O/c1-12(2)10-18-11-13-14(17)4-3-5-15(13)20-8-6-16(21)19-7-9-20/h3-5,12,18H,6-11H2,1-2H3,(H,19,21). The zero-order valence-electron chi connectivity index (χ0n) is 12.8. The Hall–Kier alpha value is -1.26. The molecule has 0 radical (unpaired) electrons. The predicted molar refractivity (Wildman–Crippen MR) is 87.8 cm³/mol. The molecule has 1 fully saturated rings. The maximum Gasteiger partial charge on any atom is 0.221 e. The van der Waals surface area contributed by atoms with E-state index in [1.165, 1.54) is 0 Å². The molecule has 0 bridgehead atoms. The van der Waals surface area contributed by atoms with Gasteiger partial charge in [-0.2, -0.15) is 0 Å². The van der Waals surface area contributed by atoms with Gasteiger partial charge in [-0.05, 0) is 24.6 Å².